The molecule has 0 spiro atoms. The van der Waals surface area contributed by atoms with E-state index in [1.165, 1.54) is 12.1 Å². The van der Waals surface area contributed by atoms with E-state index in [2.05, 4.69) is 5.32 Å². The number of anilines is 1. The van der Waals surface area contributed by atoms with Gasteiger partial charge in [0.05, 0.1) is 18.1 Å². The van der Waals surface area contributed by atoms with Crippen molar-refractivity contribution in [3.05, 3.63) is 34.4 Å². The molecular weight excluding hydrogens is 286 g/mol. The summed E-state index contributed by atoms with van der Waals surface area (Å²) in [6, 6.07) is 6.16. The van der Waals surface area contributed by atoms with Crippen LogP contribution in [0.15, 0.2) is 24.3 Å². The molecule has 0 aliphatic carbocycles. The van der Waals surface area contributed by atoms with Crippen molar-refractivity contribution in [1.82, 2.24) is 4.90 Å². The van der Waals surface area contributed by atoms with E-state index < -0.39 is 4.92 Å². The number of carbonyl (C=O) groups is 1. The van der Waals surface area contributed by atoms with Gasteiger partial charge in [-0.15, -0.1) is 0 Å². The first-order valence-corrected chi connectivity index (χ1v) is 7.43. The molecule has 0 unspecified atom stereocenters. The molecule has 1 amide bonds. The number of rotatable bonds is 7. The number of nitro groups is 1. The Morgan fingerprint density at radius 2 is 2.27 bits per heavy atom. The lowest BCUT2D eigenvalue weighted by atomic mass is 10.1. The molecule has 7 nitrogen and oxygen atoms in total. The number of benzene rings is 1. The zero-order valence-electron chi connectivity index (χ0n) is 12.7. The van der Waals surface area contributed by atoms with Crippen LogP contribution in [0, 0.1) is 16.0 Å². The quantitative estimate of drug-likeness (QED) is 0.614. The topological polar surface area (TPSA) is 84.7 Å². The van der Waals surface area contributed by atoms with Crippen molar-refractivity contribution in [3.63, 3.8) is 0 Å². The van der Waals surface area contributed by atoms with Crippen molar-refractivity contribution in [2.24, 2.45) is 5.92 Å². The van der Waals surface area contributed by atoms with Crippen LogP contribution < -0.4 is 5.32 Å². The molecule has 1 aromatic carbocycles. The lowest BCUT2D eigenvalue weighted by Crippen LogP contribution is -2.36. The van der Waals surface area contributed by atoms with Gasteiger partial charge in [-0.25, -0.2) is 0 Å². The third kappa shape index (κ3) is 4.51. The minimum Gasteiger partial charge on any atom is -0.381 e. The van der Waals surface area contributed by atoms with Gasteiger partial charge in [0.1, 0.15) is 5.69 Å². The second-order valence-corrected chi connectivity index (χ2v) is 5.38. The summed E-state index contributed by atoms with van der Waals surface area (Å²) < 4.78 is 5.34. The van der Waals surface area contributed by atoms with Crippen molar-refractivity contribution in [1.29, 1.82) is 0 Å². The van der Waals surface area contributed by atoms with Crippen LogP contribution in [0.3, 0.4) is 0 Å². The lowest BCUT2D eigenvalue weighted by Gasteiger charge is -2.22. The molecule has 22 heavy (non-hydrogen) atoms. The molecule has 1 fully saturated rings. The Balaban J connectivity index is 1.92. The number of nitrogens with zero attached hydrogens (tertiary/aromatic N) is 2. The average Bonchev–Trinajstić information content (AvgIpc) is 2.99. The van der Waals surface area contributed by atoms with Crippen LogP contribution in [-0.2, 0) is 9.53 Å². The summed E-state index contributed by atoms with van der Waals surface area (Å²) in [5.74, 6) is 0.217. The minimum atomic E-state index is -0.497. The number of hydrogen-bond acceptors (Lipinski definition) is 5. The van der Waals surface area contributed by atoms with E-state index >= 15 is 0 Å². The second kappa shape index (κ2) is 7.86. The third-order valence-corrected chi connectivity index (χ3v) is 3.73. The average molecular weight is 307 g/mol. The molecule has 1 saturated heterocycles. The van der Waals surface area contributed by atoms with Crippen LogP contribution in [0.4, 0.5) is 11.4 Å². The van der Waals surface area contributed by atoms with Gasteiger partial charge in [-0.05, 0) is 24.9 Å². The lowest BCUT2D eigenvalue weighted by molar-refractivity contribution is -0.383. The van der Waals surface area contributed by atoms with Crippen molar-refractivity contribution in [2.75, 3.05) is 38.2 Å². The van der Waals surface area contributed by atoms with E-state index in [4.69, 9.17) is 4.74 Å². The van der Waals surface area contributed by atoms with Gasteiger partial charge in [0.15, 0.2) is 0 Å². The summed E-state index contributed by atoms with van der Waals surface area (Å²) in [7, 11) is 0. The highest BCUT2D eigenvalue weighted by molar-refractivity contribution is 5.94. The highest BCUT2D eigenvalue weighted by atomic mass is 16.6. The van der Waals surface area contributed by atoms with Gasteiger partial charge >= 0.3 is 0 Å². The number of para-hydroxylation sites is 2. The molecule has 0 radical (unpaired) electrons. The SMILES string of the molecule is CCN(CC(=O)Nc1ccccc1[N+](=O)[O-])C[C@H]1CCOC1. The monoisotopic (exact) mass is 307 g/mol. The van der Waals surface area contributed by atoms with E-state index in [9.17, 15) is 14.9 Å². The molecule has 120 valence electrons. The number of carbonyl (C=O) groups excluding carboxylic acids is 1. The molecule has 0 bridgehead atoms. The zero-order valence-corrected chi connectivity index (χ0v) is 12.7. The maximum absolute atomic E-state index is 12.1. The molecule has 1 N–H and O–H groups in total. The Labute approximate surface area is 129 Å². The molecule has 1 aliphatic rings. The fraction of sp³-hybridized carbons (Fsp3) is 0.533. The van der Waals surface area contributed by atoms with Crippen LogP contribution in [0.1, 0.15) is 13.3 Å². The minimum absolute atomic E-state index is 0.0944. The largest absolute Gasteiger partial charge is 0.381 e. The Bertz CT molecular complexity index is 529. The Kier molecular flexibility index (Phi) is 5.85. The predicted molar refractivity (Wildman–Crippen MR) is 82.8 cm³/mol. The van der Waals surface area contributed by atoms with Gasteiger partial charge in [-0.1, -0.05) is 19.1 Å². The van der Waals surface area contributed by atoms with Crippen LogP contribution in [0.25, 0.3) is 0 Å². The summed E-state index contributed by atoms with van der Waals surface area (Å²) in [4.78, 5) is 24.6. The Hall–Kier alpha value is -1.99. The number of amides is 1. The third-order valence-electron chi connectivity index (χ3n) is 3.73. The second-order valence-electron chi connectivity index (χ2n) is 5.38. The molecule has 0 saturated carbocycles. The van der Waals surface area contributed by atoms with Gasteiger partial charge < -0.3 is 10.1 Å². The maximum atomic E-state index is 12.1. The molecule has 2 rings (SSSR count). The molecular formula is C15H21N3O4. The summed E-state index contributed by atoms with van der Waals surface area (Å²) in [5, 5.41) is 13.6. The molecule has 1 aliphatic heterocycles. The van der Waals surface area contributed by atoms with E-state index in [1.54, 1.807) is 12.1 Å². The number of nitro benzene ring substituents is 1. The van der Waals surface area contributed by atoms with Crippen LogP contribution in [0.5, 0.6) is 0 Å². The molecule has 1 aromatic rings. The number of hydrogen-bond donors (Lipinski definition) is 1. The Morgan fingerprint density at radius 3 is 2.91 bits per heavy atom. The highest BCUT2D eigenvalue weighted by Gasteiger charge is 2.21. The number of likely N-dealkylation sites (N-methyl/N-ethyl adjacent to an activating group) is 1. The van der Waals surface area contributed by atoms with E-state index in [-0.39, 0.29) is 23.8 Å². The van der Waals surface area contributed by atoms with Gasteiger partial charge in [-0.2, -0.15) is 0 Å². The van der Waals surface area contributed by atoms with Gasteiger partial charge in [0.25, 0.3) is 5.69 Å². The van der Waals surface area contributed by atoms with Crippen molar-refractivity contribution < 1.29 is 14.5 Å². The fourth-order valence-electron chi connectivity index (χ4n) is 2.53. The first kappa shape index (κ1) is 16.4. The normalized spacial score (nSPS) is 17.6. The van der Waals surface area contributed by atoms with Gasteiger partial charge in [0, 0.05) is 19.2 Å². The van der Waals surface area contributed by atoms with Crippen LogP contribution >= 0.6 is 0 Å². The smallest absolute Gasteiger partial charge is 0.292 e. The molecule has 1 atom stereocenters. The van der Waals surface area contributed by atoms with Crippen LogP contribution in [-0.4, -0.2) is 48.6 Å². The zero-order chi connectivity index (χ0) is 15.9. The van der Waals surface area contributed by atoms with E-state index in [1.807, 2.05) is 11.8 Å². The fourth-order valence-corrected chi connectivity index (χ4v) is 2.53. The molecule has 7 heteroatoms. The first-order chi connectivity index (χ1) is 10.6. The maximum Gasteiger partial charge on any atom is 0.292 e. The molecule has 0 aromatic heterocycles. The van der Waals surface area contributed by atoms with Gasteiger partial charge in [0.2, 0.25) is 5.91 Å². The molecule has 1 heterocycles. The van der Waals surface area contributed by atoms with Crippen molar-refractivity contribution in [2.45, 2.75) is 13.3 Å². The van der Waals surface area contributed by atoms with Crippen molar-refractivity contribution >= 4 is 17.3 Å². The highest BCUT2D eigenvalue weighted by Crippen LogP contribution is 2.23. The van der Waals surface area contributed by atoms with Crippen molar-refractivity contribution in [3.8, 4) is 0 Å². The summed E-state index contributed by atoms with van der Waals surface area (Å²) in [5.41, 5.74) is 0.140. The number of ether oxygens (including phenoxy) is 1. The van der Waals surface area contributed by atoms with Crippen LogP contribution in [0.2, 0.25) is 0 Å². The van der Waals surface area contributed by atoms with Gasteiger partial charge in [-0.3, -0.25) is 19.8 Å². The summed E-state index contributed by atoms with van der Waals surface area (Å²) >= 11 is 0. The van der Waals surface area contributed by atoms with E-state index in [0.717, 1.165) is 32.7 Å². The first-order valence-electron chi connectivity index (χ1n) is 7.43. The predicted octanol–water partition coefficient (Wildman–Crippen LogP) is 1.89. The van der Waals surface area contributed by atoms with E-state index in [0.29, 0.717) is 5.92 Å². The Morgan fingerprint density at radius 1 is 1.50 bits per heavy atom. The standard InChI is InChI=1S/C15H21N3O4/c1-2-17(9-12-7-8-22-11-12)10-15(19)16-13-5-3-4-6-14(13)18(20)21/h3-6,12H,2,7-11H2,1H3,(H,16,19)/t12-/m1/s1. The number of nitrogens with one attached hydrogen (secondary N) is 1. The summed E-state index contributed by atoms with van der Waals surface area (Å²) in [6.07, 6.45) is 1.02. The summed E-state index contributed by atoms with van der Waals surface area (Å²) in [6.45, 7) is 5.29.